The average molecular weight is 158 g/mol. The van der Waals surface area contributed by atoms with Crippen LogP contribution in [0.1, 0.15) is 6.92 Å². The molecule has 2 rings (SSSR count). The summed E-state index contributed by atoms with van der Waals surface area (Å²) in [5.41, 5.74) is -0.903. The number of likely N-dealkylation sites (tertiary alicyclic amines) is 1. The molecule has 0 unspecified atom stereocenters. The molecular weight excluding hydrogens is 143 g/mol. The minimum atomic E-state index is -0.903. The molecule has 2 heterocycles. The van der Waals surface area contributed by atoms with Crippen LogP contribution in [-0.2, 0) is 0 Å². The molecule has 2 saturated heterocycles. The Morgan fingerprint density at radius 1 is 1.55 bits per heavy atom. The van der Waals surface area contributed by atoms with Gasteiger partial charge in [0.05, 0.1) is 0 Å². The largest absolute Gasteiger partial charge is 0.310 e. The van der Waals surface area contributed by atoms with E-state index in [4.69, 9.17) is 0 Å². The van der Waals surface area contributed by atoms with Crippen molar-refractivity contribution in [2.45, 2.75) is 12.6 Å². The van der Waals surface area contributed by atoms with E-state index in [0.717, 1.165) is 19.0 Å². The van der Waals surface area contributed by atoms with E-state index in [-0.39, 0.29) is 0 Å². The van der Waals surface area contributed by atoms with Gasteiger partial charge in [0.15, 0.2) is 0 Å². The SMILES string of the molecule is CC1CN(CC2(F)CNC2)C1. The summed E-state index contributed by atoms with van der Waals surface area (Å²) in [5.74, 6) is 0.784. The first-order chi connectivity index (χ1) is 5.18. The van der Waals surface area contributed by atoms with Crippen molar-refractivity contribution in [2.75, 3.05) is 32.7 Å². The summed E-state index contributed by atoms with van der Waals surface area (Å²) in [6, 6.07) is 0. The predicted molar refractivity (Wildman–Crippen MR) is 42.3 cm³/mol. The first-order valence-electron chi connectivity index (χ1n) is 4.30. The lowest BCUT2D eigenvalue weighted by molar-refractivity contribution is -0.0000269. The van der Waals surface area contributed by atoms with Crippen molar-refractivity contribution in [2.24, 2.45) is 5.92 Å². The molecule has 2 nitrogen and oxygen atoms in total. The van der Waals surface area contributed by atoms with Gasteiger partial charge in [-0.2, -0.15) is 0 Å². The van der Waals surface area contributed by atoms with Crippen LogP contribution in [0.4, 0.5) is 4.39 Å². The normalized spacial score (nSPS) is 31.1. The highest BCUT2D eigenvalue weighted by molar-refractivity contribution is 4.97. The second-order valence-electron chi connectivity index (χ2n) is 4.05. The standard InChI is InChI=1S/C8H15FN2/c1-7-2-11(3-7)6-8(9)4-10-5-8/h7,10H,2-6H2,1H3. The molecule has 0 aromatic heterocycles. The predicted octanol–water partition coefficient (Wildman–Crippen LogP) is 0.250. The van der Waals surface area contributed by atoms with Crippen LogP contribution in [0.5, 0.6) is 0 Å². The smallest absolute Gasteiger partial charge is 0.148 e. The quantitative estimate of drug-likeness (QED) is 0.619. The summed E-state index contributed by atoms with van der Waals surface area (Å²) < 4.78 is 13.4. The van der Waals surface area contributed by atoms with E-state index in [9.17, 15) is 4.39 Å². The van der Waals surface area contributed by atoms with Crippen molar-refractivity contribution in [3.8, 4) is 0 Å². The van der Waals surface area contributed by atoms with Crippen molar-refractivity contribution in [3.05, 3.63) is 0 Å². The number of nitrogens with one attached hydrogen (secondary N) is 1. The molecule has 0 amide bonds. The molecule has 2 fully saturated rings. The molecule has 0 aromatic carbocycles. The summed E-state index contributed by atoms with van der Waals surface area (Å²) in [6.07, 6.45) is 0. The van der Waals surface area contributed by atoms with Crippen LogP contribution in [0.25, 0.3) is 0 Å². The zero-order valence-electron chi connectivity index (χ0n) is 6.94. The van der Waals surface area contributed by atoms with Crippen molar-refractivity contribution < 1.29 is 4.39 Å². The lowest BCUT2D eigenvalue weighted by atomic mass is 9.94. The van der Waals surface area contributed by atoms with Crippen LogP contribution in [0, 0.1) is 5.92 Å². The Bertz CT molecular complexity index is 150. The molecule has 3 heteroatoms. The minimum Gasteiger partial charge on any atom is -0.310 e. The summed E-state index contributed by atoms with van der Waals surface area (Å²) in [6.45, 7) is 6.14. The van der Waals surface area contributed by atoms with Crippen molar-refractivity contribution in [3.63, 3.8) is 0 Å². The maximum absolute atomic E-state index is 13.4. The highest BCUT2D eigenvalue weighted by Gasteiger charge is 2.40. The second-order valence-corrected chi connectivity index (χ2v) is 4.05. The number of alkyl halides is 1. The number of nitrogens with zero attached hydrogens (tertiary/aromatic N) is 1. The molecule has 0 saturated carbocycles. The second kappa shape index (κ2) is 2.42. The highest BCUT2D eigenvalue weighted by atomic mass is 19.1. The van der Waals surface area contributed by atoms with Crippen LogP contribution >= 0.6 is 0 Å². The van der Waals surface area contributed by atoms with Gasteiger partial charge in [-0.15, -0.1) is 0 Å². The van der Waals surface area contributed by atoms with Crippen LogP contribution in [0.2, 0.25) is 0 Å². The lowest BCUT2D eigenvalue weighted by Crippen LogP contribution is -2.64. The zero-order valence-corrected chi connectivity index (χ0v) is 6.94. The van der Waals surface area contributed by atoms with E-state index in [1.54, 1.807) is 0 Å². The molecular formula is C8H15FN2. The summed E-state index contributed by atoms with van der Waals surface area (Å²) >= 11 is 0. The topological polar surface area (TPSA) is 15.3 Å². The zero-order chi connectivity index (χ0) is 7.90. The van der Waals surface area contributed by atoms with Gasteiger partial charge in [0.25, 0.3) is 0 Å². The van der Waals surface area contributed by atoms with E-state index in [1.807, 2.05) is 0 Å². The molecule has 2 aliphatic rings. The van der Waals surface area contributed by atoms with Gasteiger partial charge in [-0.1, -0.05) is 6.92 Å². The molecule has 0 radical (unpaired) electrons. The van der Waals surface area contributed by atoms with Gasteiger partial charge in [-0.25, -0.2) is 4.39 Å². The molecule has 11 heavy (non-hydrogen) atoms. The Morgan fingerprint density at radius 3 is 2.55 bits per heavy atom. The molecule has 0 aromatic rings. The number of hydrogen-bond donors (Lipinski definition) is 1. The first kappa shape index (κ1) is 7.50. The van der Waals surface area contributed by atoms with Gasteiger partial charge < -0.3 is 5.32 Å². The fraction of sp³-hybridized carbons (Fsp3) is 1.00. The number of hydrogen-bond acceptors (Lipinski definition) is 2. The highest BCUT2D eigenvalue weighted by Crippen LogP contribution is 2.23. The molecule has 0 bridgehead atoms. The third-order valence-corrected chi connectivity index (χ3v) is 2.53. The fourth-order valence-electron chi connectivity index (χ4n) is 1.87. The van der Waals surface area contributed by atoms with Crippen LogP contribution in [-0.4, -0.2) is 43.3 Å². The Morgan fingerprint density at radius 2 is 2.18 bits per heavy atom. The Balaban J connectivity index is 1.73. The maximum atomic E-state index is 13.4. The summed E-state index contributed by atoms with van der Waals surface area (Å²) in [4.78, 5) is 2.20. The van der Waals surface area contributed by atoms with E-state index in [1.165, 1.54) is 0 Å². The summed E-state index contributed by atoms with van der Waals surface area (Å²) in [5, 5.41) is 2.96. The van der Waals surface area contributed by atoms with Gasteiger partial charge in [-0.05, 0) is 5.92 Å². The van der Waals surface area contributed by atoms with Crippen molar-refractivity contribution >= 4 is 0 Å². The van der Waals surface area contributed by atoms with Crippen LogP contribution in [0.15, 0.2) is 0 Å². The van der Waals surface area contributed by atoms with Crippen molar-refractivity contribution in [1.82, 2.24) is 10.2 Å². The molecule has 0 atom stereocenters. The van der Waals surface area contributed by atoms with Gasteiger partial charge >= 0.3 is 0 Å². The summed E-state index contributed by atoms with van der Waals surface area (Å²) in [7, 11) is 0. The lowest BCUT2D eigenvalue weighted by Gasteiger charge is -2.44. The minimum absolute atomic E-state index is 0.553. The molecule has 0 spiro atoms. The van der Waals surface area contributed by atoms with Crippen LogP contribution in [0.3, 0.4) is 0 Å². The van der Waals surface area contributed by atoms with E-state index >= 15 is 0 Å². The van der Waals surface area contributed by atoms with Gasteiger partial charge in [0.2, 0.25) is 0 Å². The maximum Gasteiger partial charge on any atom is 0.148 e. The molecule has 64 valence electrons. The molecule has 0 aliphatic carbocycles. The van der Waals surface area contributed by atoms with E-state index in [2.05, 4.69) is 17.1 Å². The third kappa shape index (κ3) is 1.40. The molecule has 2 aliphatic heterocycles. The van der Waals surface area contributed by atoms with Gasteiger partial charge in [0, 0.05) is 32.7 Å². The van der Waals surface area contributed by atoms with Gasteiger partial charge in [0.1, 0.15) is 5.67 Å². The monoisotopic (exact) mass is 158 g/mol. The average Bonchev–Trinajstić information content (AvgIpc) is 1.81. The fourth-order valence-corrected chi connectivity index (χ4v) is 1.87. The third-order valence-electron chi connectivity index (χ3n) is 2.53. The van der Waals surface area contributed by atoms with E-state index in [0.29, 0.717) is 19.6 Å². The van der Waals surface area contributed by atoms with Crippen molar-refractivity contribution in [1.29, 1.82) is 0 Å². The van der Waals surface area contributed by atoms with Crippen LogP contribution < -0.4 is 5.32 Å². The number of rotatable bonds is 2. The van der Waals surface area contributed by atoms with E-state index < -0.39 is 5.67 Å². The Labute approximate surface area is 66.8 Å². The number of halogens is 1. The first-order valence-corrected chi connectivity index (χ1v) is 4.30. The molecule has 1 N–H and O–H groups in total. The Hall–Kier alpha value is -0.150. The van der Waals surface area contributed by atoms with Gasteiger partial charge in [-0.3, -0.25) is 4.90 Å². The Kier molecular flexibility index (Phi) is 1.65.